The van der Waals surface area contributed by atoms with Crippen molar-refractivity contribution in [2.24, 2.45) is 5.41 Å². The van der Waals surface area contributed by atoms with Gasteiger partial charge in [0.05, 0.1) is 25.6 Å². The molecule has 0 aliphatic heterocycles. The van der Waals surface area contributed by atoms with Gasteiger partial charge in [-0.05, 0) is 95.4 Å². The Kier molecular flexibility index (Phi) is 14.4. The predicted octanol–water partition coefficient (Wildman–Crippen LogP) is 8.13. The molecule has 0 amide bonds. The monoisotopic (exact) mass is 714 g/mol. The van der Waals surface area contributed by atoms with E-state index in [1.807, 2.05) is 142 Å². The van der Waals surface area contributed by atoms with E-state index in [0.717, 1.165) is 49.7 Å². The lowest BCUT2D eigenvalue weighted by Crippen LogP contribution is -2.25. The van der Waals surface area contributed by atoms with Crippen molar-refractivity contribution in [3.05, 3.63) is 150 Å². The summed E-state index contributed by atoms with van der Waals surface area (Å²) in [5.74, 6) is 1.02. The average Bonchev–Trinajstić information content (AvgIpc) is 3.18. The first-order valence-corrected chi connectivity index (χ1v) is 17.2. The lowest BCUT2D eigenvalue weighted by molar-refractivity contribution is -0.143. The lowest BCUT2D eigenvalue weighted by Gasteiger charge is -2.17. The summed E-state index contributed by atoms with van der Waals surface area (Å²) < 4.78 is 15.5. The Balaban J connectivity index is 0.000000186. The van der Waals surface area contributed by atoms with Crippen molar-refractivity contribution < 1.29 is 38.8 Å². The highest BCUT2D eigenvalue weighted by molar-refractivity contribution is 5.92. The van der Waals surface area contributed by atoms with Crippen molar-refractivity contribution >= 4 is 39.1 Å². The number of ketones is 2. The number of esters is 1. The molecule has 6 rings (SSSR count). The van der Waals surface area contributed by atoms with E-state index in [1.54, 1.807) is 26.4 Å². The third-order valence-electron chi connectivity index (χ3n) is 8.31. The number of benzene rings is 6. The maximum atomic E-state index is 12.3. The van der Waals surface area contributed by atoms with E-state index in [9.17, 15) is 19.5 Å². The van der Waals surface area contributed by atoms with E-state index in [2.05, 4.69) is 0 Å². The van der Waals surface area contributed by atoms with Crippen LogP contribution in [-0.2, 0) is 20.8 Å². The summed E-state index contributed by atoms with van der Waals surface area (Å²) in [6.45, 7) is 4.65. The van der Waals surface area contributed by atoms with Crippen LogP contribution in [0.5, 0.6) is 17.2 Å². The Bertz CT molecular complexity index is 2110. The van der Waals surface area contributed by atoms with Gasteiger partial charge in [0, 0.05) is 6.42 Å². The van der Waals surface area contributed by atoms with Crippen molar-refractivity contribution in [2.45, 2.75) is 33.1 Å². The van der Waals surface area contributed by atoms with Gasteiger partial charge < -0.3 is 24.4 Å². The van der Waals surface area contributed by atoms with Gasteiger partial charge in [0.2, 0.25) is 0 Å². The minimum absolute atomic E-state index is 0.176. The van der Waals surface area contributed by atoms with Crippen LogP contribution in [0.4, 0.5) is 0 Å². The molecule has 0 aliphatic carbocycles. The molecule has 0 spiro atoms. The summed E-state index contributed by atoms with van der Waals surface area (Å²) >= 11 is 0. The van der Waals surface area contributed by atoms with Gasteiger partial charge in [0.25, 0.3) is 0 Å². The smallest absolute Gasteiger partial charge is 0.316 e. The van der Waals surface area contributed by atoms with Crippen molar-refractivity contribution in [1.82, 2.24) is 0 Å². The highest BCUT2D eigenvalue weighted by atomic mass is 16.5. The van der Waals surface area contributed by atoms with E-state index in [0.29, 0.717) is 5.75 Å². The summed E-state index contributed by atoms with van der Waals surface area (Å²) in [4.78, 5) is 34.9. The van der Waals surface area contributed by atoms with Crippen LogP contribution < -0.4 is 14.2 Å². The number of aliphatic hydroxyl groups excluding tert-OH is 2. The Morgan fingerprint density at radius 3 is 1.55 bits per heavy atom. The summed E-state index contributed by atoms with van der Waals surface area (Å²) in [5, 5.41) is 22.3. The molecule has 0 aliphatic rings. The molecule has 1 atom stereocenters. The van der Waals surface area contributed by atoms with Gasteiger partial charge in [0.15, 0.2) is 11.6 Å². The number of methoxy groups -OCH3 is 2. The second-order valence-corrected chi connectivity index (χ2v) is 13.3. The van der Waals surface area contributed by atoms with Crippen molar-refractivity contribution in [3.63, 3.8) is 0 Å². The first-order valence-electron chi connectivity index (χ1n) is 17.2. The average molecular weight is 715 g/mol. The van der Waals surface area contributed by atoms with Crippen LogP contribution in [0.15, 0.2) is 133 Å². The standard InChI is InChI=1S/C20H18O3.C15H16O2.C10H12O3/c1-23-18-10-8-15(9-11-18)20(19(22)13-21)17-7-6-14-4-2-3-5-16(14)12-17;1-15(2,3)14(16)17-13-9-8-11-6-4-5-7-12(11)10-13;1-13-10-4-2-8(3-5-10)6-9(12)7-11/h2-12,20-21H,13H2,1H3;4-10H,1-3H3;2-5,11H,6-7H2,1H3. The van der Waals surface area contributed by atoms with Crippen molar-refractivity contribution in [2.75, 3.05) is 27.4 Å². The van der Waals surface area contributed by atoms with Gasteiger partial charge in [0.1, 0.15) is 30.5 Å². The number of rotatable bonds is 10. The van der Waals surface area contributed by atoms with E-state index in [-0.39, 0.29) is 24.0 Å². The molecule has 2 N–H and O–H groups in total. The van der Waals surface area contributed by atoms with Crippen LogP contribution in [0.3, 0.4) is 0 Å². The van der Waals surface area contributed by atoms with Crippen LogP contribution in [-0.4, -0.2) is 55.2 Å². The van der Waals surface area contributed by atoms with Crippen LogP contribution in [0, 0.1) is 5.41 Å². The molecule has 6 aromatic carbocycles. The van der Waals surface area contributed by atoms with E-state index >= 15 is 0 Å². The summed E-state index contributed by atoms with van der Waals surface area (Å²) in [7, 11) is 3.20. The molecule has 0 fully saturated rings. The molecule has 0 bridgehead atoms. The number of hydrogen-bond acceptors (Lipinski definition) is 8. The molecule has 8 heteroatoms. The zero-order valence-corrected chi connectivity index (χ0v) is 30.7. The molecule has 1 unspecified atom stereocenters. The molecule has 274 valence electrons. The highest BCUT2D eigenvalue weighted by Gasteiger charge is 2.24. The van der Waals surface area contributed by atoms with Crippen LogP contribution in [0.2, 0.25) is 0 Å². The Morgan fingerprint density at radius 2 is 1.04 bits per heavy atom. The summed E-state index contributed by atoms with van der Waals surface area (Å²) in [6, 6.07) is 42.3. The fourth-order valence-corrected chi connectivity index (χ4v) is 5.36. The number of fused-ring (bicyclic) bond motifs is 2. The molecular formula is C45H46O8. The second-order valence-electron chi connectivity index (χ2n) is 13.3. The van der Waals surface area contributed by atoms with Gasteiger partial charge in [-0.1, -0.05) is 97.1 Å². The van der Waals surface area contributed by atoms with Gasteiger partial charge in [-0.3, -0.25) is 14.4 Å². The summed E-state index contributed by atoms with van der Waals surface area (Å²) in [5.41, 5.74) is 2.14. The zero-order valence-electron chi connectivity index (χ0n) is 30.7. The lowest BCUT2D eigenvalue weighted by atomic mass is 9.87. The number of carbonyl (C=O) groups is 3. The first kappa shape index (κ1) is 39.9. The largest absolute Gasteiger partial charge is 0.497 e. The number of Topliss-reactive ketones (excluding diaryl/α,β-unsaturated/α-hetero) is 2. The zero-order chi connectivity index (χ0) is 38.4. The van der Waals surface area contributed by atoms with Crippen LogP contribution in [0.25, 0.3) is 21.5 Å². The molecule has 8 nitrogen and oxygen atoms in total. The Morgan fingerprint density at radius 1 is 0.566 bits per heavy atom. The second kappa shape index (κ2) is 19.1. The molecular weight excluding hydrogens is 668 g/mol. The SMILES string of the molecule is CC(C)(C)C(=O)Oc1ccc2ccccc2c1.COc1ccc(C(C(=O)CO)c2ccc3ccccc3c2)cc1.COc1ccc(CC(=O)CO)cc1. The molecule has 0 heterocycles. The first-order chi connectivity index (χ1) is 25.4. The van der Waals surface area contributed by atoms with E-state index in [4.69, 9.17) is 19.3 Å². The quantitative estimate of drug-likeness (QED) is 0.108. The third-order valence-corrected chi connectivity index (χ3v) is 8.31. The van der Waals surface area contributed by atoms with Crippen LogP contribution in [0.1, 0.15) is 43.4 Å². The molecule has 0 radical (unpaired) electrons. The number of ether oxygens (including phenoxy) is 3. The van der Waals surface area contributed by atoms with Gasteiger partial charge in [-0.15, -0.1) is 0 Å². The minimum Gasteiger partial charge on any atom is -0.497 e. The molecule has 0 aromatic heterocycles. The number of aliphatic hydroxyl groups is 2. The number of carbonyl (C=O) groups excluding carboxylic acids is 3. The summed E-state index contributed by atoms with van der Waals surface area (Å²) in [6.07, 6.45) is 0.278. The predicted molar refractivity (Wildman–Crippen MR) is 209 cm³/mol. The maximum absolute atomic E-state index is 12.3. The maximum Gasteiger partial charge on any atom is 0.316 e. The molecule has 0 saturated carbocycles. The van der Waals surface area contributed by atoms with Gasteiger partial charge >= 0.3 is 5.97 Å². The molecule has 53 heavy (non-hydrogen) atoms. The molecule has 6 aromatic rings. The van der Waals surface area contributed by atoms with E-state index < -0.39 is 24.5 Å². The molecule has 0 saturated heterocycles. The van der Waals surface area contributed by atoms with Crippen molar-refractivity contribution in [1.29, 1.82) is 0 Å². The van der Waals surface area contributed by atoms with E-state index in [1.165, 1.54) is 0 Å². The Hall–Kier alpha value is -5.83. The van der Waals surface area contributed by atoms with Gasteiger partial charge in [-0.2, -0.15) is 0 Å². The normalized spacial score (nSPS) is 11.3. The third kappa shape index (κ3) is 11.6. The van der Waals surface area contributed by atoms with Crippen molar-refractivity contribution in [3.8, 4) is 17.2 Å². The van der Waals surface area contributed by atoms with Gasteiger partial charge in [-0.25, -0.2) is 0 Å². The number of hydrogen-bond donors (Lipinski definition) is 2. The fourth-order valence-electron chi connectivity index (χ4n) is 5.36. The minimum atomic E-state index is -0.483. The highest BCUT2D eigenvalue weighted by Crippen LogP contribution is 2.30. The Labute approximate surface area is 310 Å². The fraction of sp³-hybridized carbons (Fsp3) is 0.222. The topological polar surface area (TPSA) is 119 Å². The van der Waals surface area contributed by atoms with Crippen LogP contribution >= 0.6 is 0 Å².